The number of amides is 2. The van der Waals surface area contributed by atoms with Crippen LogP contribution in [0.25, 0.3) is 0 Å². The van der Waals surface area contributed by atoms with Crippen LogP contribution < -0.4 is 16.8 Å². The van der Waals surface area contributed by atoms with Crippen LogP contribution in [0, 0.1) is 0 Å². The SMILES string of the molecule is NCCn1cnc(C(=O)NCC(O)C(N)=O)c1. The van der Waals surface area contributed by atoms with E-state index in [1.54, 1.807) is 4.57 Å². The van der Waals surface area contributed by atoms with Gasteiger partial charge in [0, 0.05) is 19.3 Å². The van der Waals surface area contributed by atoms with Crippen molar-refractivity contribution in [2.24, 2.45) is 11.5 Å². The number of rotatable bonds is 6. The van der Waals surface area contributed by atoms with Crippen molar-refractivity contribution in [3.63, 3.8) is 0 Å². The van der Waals surface area contributed by atoms with E-state index >= 15 is 0 Å². The minimum Gasteiger partial charge on any atom is -0.381 e. The van der Waals surface area contributed by atoms with E-state index in [0.29, 0.717) is 13.1 Å². The molecule has 8 nitrogen and oxygen atoms in total. The minimum atomic E-state index is -1.40. The molecule has 1 unspecified atom stereocenters. The number of aliphatic hydroxyl groups excluding tert-OH is 1. The summed E-state index contributed by atoms with van der Waals surface area (Å²) in [5.41, 5.74) is 10.4. The van der Waals surface area contributed by atoms with Gasteiger partial charge in [-0.1, -0.05) is 0 Å². The molecule has 1 atom stereocenters. The van der Waals surface area contributed by atoms with Gasteiger partial charge in [0.25, 0.3) is 5.91 Å². The third-order valence-electron chi connectivity index (χ3n) is 2.04. The van der Waals surface area contributed by atoms with Crippen molar-refractivity contribution in [3.05, 3.63) is 18.2 Å². The molecule has 0 bridgehead atoms. The average molecular weight is 241 g/mol. The molecule has 0 radical (unpaired) electrons. The van der Waals surface area contributed by atoms with E-state index in [0.717, 1.165) is 0 Å². The van der Waals surface area contributed by atoms with Gasteiger partial charge in [-0.25, -0.2) is 4.98 Å². The second-order valence-corrected chi connectivity index (χ2v) is 3.41. The molecule has 1 aromatic rings. The zero-order chi connectivity index (χ0) is 12.8. The Kier molecular flexibility index (Phi) is 4.61. The number of nitrogens with one attached hydrogen (secondary N) is 1. The van der Waals surface area contributed by atoms with Crippen LogP contribution in [-0.4, -0.2) is 45.7 Å². The molecule has 8 heteroatoms. The van der Waals surface area contributed by atoms with Crippen LogP contribution in [0.2, 0.25) is 0 Å². The Bertz CT molecular complexity index is 403. The molecule has 17 heavy (non-hydrogen) atoms. The van der Waals surface area contributed by atoms with E-state index in [-0.39, 0.29) is 12.2 Å². The molecular weight excluding hydrogens is 226 g/mol. The maximum Gasteiger partial charge on any atom is 0.271 e. The molecule has 0 aliphatic carbocycles. The van der Waals surface area contributed by atoms with Gasteiger partial charge in [0.1, 0.15) is 11.8 Å². The Balaban J connectivity index is 2.49. The minimum absolute atomic E-state index is 0.190. The quantitative estimate of drug-likeness (QED) is 0.433. The largest absolute Gasteiger partial charge is 0.381 e. The van der Waals surface area contributed by atoms with Crippen LogP contribution in [0.1, 0.15) is 10.5 Å². The van der Waals surface area contributed by atoms with E-state index in [2.05, 4.69) is 10.3 Å². The molecule has 1 aromatic heterocycles. The monoisotopic (exact) mass is 241 g/mol. The fourth-order valence-corrected chi connectivity index (χ4v) is 1.13. The molecule has 2 amide bonds. The molecular formula is C9H15N5O3. The fraction of sp³-hybridized carbons (Fsp3) is 0.444. The summed E-state index contributed by atoms with van der Waals surface area (Å²) in [4.78, 5) is 25.9. The number of carbonyl (C=O) groups is 2. The topological polar surface area (TPSA) is 136 Å². The Morgan fingerprint density at radius 2 is 2.29 bits per heavy atom. The van der Waals surface area contributed by atoms with Gasteiger partial charge in [0.05, 0.1) is 12.9 Å². The summed E-state index contributed by atoms with van der Waals surface area (Å²) in [5, 5.41) is 11.4. The molecule has 0 aliphatic heterocycles. The second kappa shape index (κ2) is 5.97. The lowest BCUT2D eigenvalue weighted by Crippen LogP contribution is -2.40. The van der Waals surface area contributed by atoms with Gasteiger partial charge in [-0.2, -0.15) is 0 Å². The predicted octanol–water partition coefficient (Wildman–Crippen LogP) is -2.58. The number of primary amides is 1. The molecule has 0 spiro atoms. The molecule has 0 saturated heterocycles. The van der Waals surface area contributed by atoms with Crippen molar-refractivity contribution in [2.45, 2.75) is 12.6 Å². The van der Waals surface area contributed by atoms with E-state index < -0.39 is 17.9 Å². The van der Waals surface area contributed by atoms with Crippen molar-refractivity contribution < 1.29 is 14.7 Å². The molecule has 1 rings (SSSR count). The lowest BCUT2D eigenvalue weighted by atomic mass is 10.3. The lowest BCUT2D eigenvalue weighted by molar-refractivity contribution is -0.125. The first kappa shape index (κ1) is 13.1. The number of imidazole rings is 1. The van der Waals surface area contributed by atoms with E-state index in [1.807, 2.05) is 0 Å². The van der Waals surface area contributed by atoms with Gasteiger partial charge in [0.15, 0.2) is 0 Å². The van der Waals surface area contributed by atoms with Gasteiger partial charge in [-0.3, -0.25) is 9.59 Å². The predicted molar refractivity (Wildman–Crippen MR) is 58.8 cm³/mol. The van der Waals surface area contributed by atoms with Crippen molar-refractivity contribution >= 4 is 11.8 Å². The highest BCUT2D eigenvalue weighted by Crippen LogP contribution is 1.95. The van der Waals surface area contributed by atoms with Gasteiger partial charge in [-0.05, 0) is 0 Å². The number of nitrogens with two attached hydrogens (primary N) is 2. The van der Waals surface area contributed by atoms with E-state index in [9.17, 15) is 9.59 Å². The van der Waals surface area contributed by atoms with Crippen molar-refractivity contribution in [2.75, 3.05) is 13.1 Å². The van der Waals surface area contributed by atoms with E-state index in [1.165, 1.54) is 12.5 Å². The second-order valence-electron chi connectivity index (χ2n) is 3.41. The van der Waals surface area contributed by atoms with Crippen LogP contribution in [0.15, 0.2) is 12.5 Å². The van der Waals surface area contributed by atoms with Crippen LogP contribution >= 0.6 is 0 Å². The molecule has 0 aromatic carbocycles. The summed E-state index contributed by atoms with van der Waals surface area (Å²) in [6.07, 6.45) is 1.61. The smallest absolute Gasteiger partial charge is 0.271 e. The zero-order valence-corrected chi connectivity index (χ0v) is 9.17. The highest BCUT2D eigenvalue weighted by atomic mass is 16.3. The van der Waals surface area contributed by atoms with Crippen molar-refractivity contribution in [1.82, 2.24) is 14.9 Å². The number of hydrogen-bond donors (Lipinski definition) is 4. The van der Waals surface area contributed by atoms with Crippen LogP contribution in [0.5, 0.6) is 0 Å². The molecule has 1 heterocycles. The molecule has 0 saturated carbocycles. The standard InChI is InChI=1S/C9H15N5O3/c10-1-2-14-4-6(13-5-14)9(17)12-3-7(15)8(11)16/h4-5,7,15H,1-3,10H2,(H2,11,16)(H,12,17). The Labute approximate surface area is 97.6 Å². The Hall–Kier alpha value is -1.93. The lowest BCUT2D eigenvalue weighted by Gasteiger charge is -2.06. The first-order valence-electron chi connectivity index (χ1n) is 5.02. The third kappa shape index (κ3) is 3.85. The molecule has 6 N–H and O–H groups in total. The average Bonchev–Trinajstić information content (AvgIpc) is 2.74. The summed E-state index contributed by atoms with van der Waals surface area (Å²) in [7, 11) is 0. The van der Waals surface area contributed by atoms with Gasteiger partial charge >= 0.3 is 0 Å². The number of carbonyl (C=O) groups excluding carboxylic acids is 2. The van der Waals surface area contributed by atoms with Crippen molar-refractivity contribution in [3.8, 4) is 0 Å². The Morgan fingerprint density at radius 1 is 1.59 bits per heavy atom. The number of aliphatic hydroxyl groups is 1. The number of aromatic nitrogens is 2. The van der Waals surface area contributed by atoms with Crippen LogP contribution in [0.4, 0.5) is 0 Å². The summed E-state index contributed by atoms with van der Waals surface area (Å²) in [6, 6.07) is 0. The van der Waals surface area contributed by atoms with Gasteiger partial charge in [0.2, 0.25) is 5.91 Å². The van der Waals surface area contributed by atoms with E-state index in [4.69, 9.17) is 16.6 Å². The third-order valence-corrected chi connectivity index (χ3v) is 2.04. The normalized spacial score (nSPS) is 12.1. The molecule has 0 aliphatic rings. The van der Waals surface area contributed by atoms with Crippen LogP contribution in [-0.2, 0) is 11.3 Å². The van der Waals surface area contributed by atoms with Crippen LogP contribution in [0.3, 0.4) is 0 Å². The Morgan fingerprint density at radius 3 is 2.88 bits per heavy atom. The number of nitrogens with zero attached hydrogens (tertiary/aromatic N) is 2. The molecule has 0 fully saturated rings. The first-order valence-corrected chi connectivity index (χ1v) is 5.02. The van der Waals surface area contributed by atoms with Crippen molar-refractivity contribution in [1.29, 1.82) is 0 Å². The first-order chi connectivity index (χ1) is 8.04. The highest BCUT2D eigenvalue weighted by molar-refractivity contribution is 5.92. The maximum absolute atomic E-state index is 11.5. The number of hydrogen-bond acceptors (Lipinski definition) is 5. The fourth-order valence-electron chi connectivity index (χ4n) is 1.13. The summed E-state index contributed by atoms with van der Waals surface area (Å²) in [6.45, 7) is 0.764. The molecule has 94 valence electrons. The highest BCUT2D eigenvalue weighted by Gasteiger charge is 2.14. The van der Waals surface area contributed by atoms with Gasteiger partial charge < -0.3 is 26.5 Å². The maximum atomic E-state index is 11.5. The summed E-state index contributed by atoms with van der Waals surface area (Å²) < 4.78 is 1.67. The summed E-state index contributed by atoms with van der Waals surface area (Å²) >= 11 is 0. The summed E-state index contributed by atoms with van der Waals surface area (Å²) in [5.74, 6) is -1.37. The van der Waals surface area contributed by atoms with Gasteiger partial charge in [-0.15, -0.1) is 0 Å². The zero-order valence-electron chi connectivity index (χ0n) is 9.17.